The van der Waals surface area contributed by atoms with Crippen molar-refractivity contribution in [3.8, 4) is 0 Å². The first-order chi connectivity index (χ1) is 7.24. The molecule has 1 aliphatic rings. The number of rotatable bonds is 1. The van der Waals surface area contributed by atoms with E-state index in [-0.39, 0.29) is 0 Å². The molecule has 0 fully saturated rings. The van der Waals surface area contributed by atoms with E-state index in [0.29, 0.717) is 17.7 Å². The van der Waals surface area contributed by atoms with Crippen molar-refractivity contribution in [1.29, 1.82) is 0 Å². The number of carboxylic acids is 1. The predicted octanol–water partition coefficient (Wildman–Crippen LogP) is 1.90. The summed E-state index contributed by atoms with van der Waals surface area (Å²) in [6, 6.07) is 5.07. The van der Waals surface area contributed by atoms with Gasteiger partial charge in [-0.05, 0) is 30.9 Å². The molecule has 1 aliphatic carbocycles. The van der Waals surface area contributed by atoms with Gasteiger partial charge in [0, 0.05) is 5.56 Å². The normalized spacial score (nSPS) is 17.5. The van der Waals surface area contributed by atoms with Crippen molar-refractivity contribution in [1.82, 2.24) is 0 Å². The molecule has 15 heavy (non-hydrogen) atoms. The molecule has 2 N–H and O–H groups in total. The van der Waals surface area contributed by atoms with Gasteiger partial charge in [-0.25, -0.2) is 4.79 Å². The molecule has 0 aromatic heterocycles. The number of hydrogen-bond acceptors (Lipinski definition) is 3. The van der Waals surface area contributed by atoms with Crippen molar-refractivity contribution in [2.45, 2.75) is 19.3 Å². The largest absolute Gasteiger partial charge is 0.478 e. The number of fused-ring (bicyclic) bond motifs is 1. The minimum Gasteiger partial charge on any atom is -0.478 e. The molecule has 4 heteroatoms. The summed E-state index contributed by atoms with van der Waals surface area (Å²) in [7, 11) is 0. The molecule has 0 radical (unpaired) electrons. The molecular formula is C11H11NO3. The summed E-state index contributed by atoms with van der Waals surface area (Å²) < 4.78 is 0. The van der Waals surface area contributed by atoms with Crippen LogP contribution in [0.3, 0.4) is 0 Å². The monoisotopic (exact) mass is 205 g/mol. The Labute approximate surface area is 86.8 Å². The van der Waals surface area contributed by atoms with Crippen LogP contribution in [0.15, 0.2) is 23.4 Å². The molecule has 1 aromatic rings. The third kappa shape index (κ3) is 1.58. The summed E-state index contributed by atoms with van der Waals surface area (Å²) in [6.45, 7) is 0. The summed E-state index contributed by atoms with van der Waals surface area (Å²) in [5.41, 5.74) is 2.44. The Morgan fingerprint density at radius 2 is 2.13 bits per heavy atom. The first-order valence-electron chi connectivity index (χ1n) is 4.80. The lowest BCUT2D eigenvalue weighted by molar-refractivity contribution is 0.0695. The summed E-state index contributed by atoms with van der Waals surface area (Å²) in [5, 5.41) is 21.0. The fourth-order valence-electron chi connectivity index (χ4n) is 2.00. The van der Waals surface area contributed by atoms with Crippen LogP contribution in [-0.4, -0.2) is 22.0 Å². The number of benzene rings is 1. The lowest BCUT2D eigenvalue weighted by Gasteiger charge is -2.18. The minimum absolute atomic E-state index is 0.313. The molecular weight excluding hydrogens is 194 g/mol. The fraction of sp³-hybridized carbons (Fsp3) is 0.273. The van der Waals surface area contributed by atoms with Crippen molar-refractivity contribution in [2.75, 3.05) is 0 Å². The van der Waals surface area contributed by atoms with Gasteiger partial charge in [-0.2, -0.15) is 0 Å². The standard InChI is InChI=1S/C11H11NO3/c13-11(14)9-5-1-4-8-7(9)3-2-6-10(8)12-15/h1,4-5,15H,2-3,6H2,(H,13,14)/b12-10+. The second kappa shape index (κ2) is 3.73. The average molecular weight is 205 g/mol. The molecule has 0 unspecified atom stereocenters. The van der Waals surface area contributed by atoms with Gasteiger partial charge in [0.2, 0.25) is 0 Å². The molecule has 4 nitrogen and oxygen atoms in total. The zero-order chi connectivity index (χ0) is 10.8. The Morgan fingerprint density at radius 1 is 1.33 bits per heavy atom. The van der Waals surface area contributed by atoms with Crippen LogP contribution in [0.2, 0.25) is 0 Å². The topological polar surface area (TPSA) is 69.9 Å². The molecule has 0 aliphatic heterocycles. The predicted molar refractivity (Wildman–Crippen MR) is 54.7 cm³/mol. The number of carbonyl (C=O) groups is 1. The summed E-state index contributed by atoms with van der Waals surface area (Å²) in [5.74, 6) is -0.925. The highest BCUT2D eigenvalue weighted by Gasteiger charge is 2.21. The van der Waals surface area contributed by atoms with E-state index in [4.69, 9.17) is 10.3 Å². The summed E-state index contributed by atoms with van der Waals surface area (Å²) in [6.07, 6.45) is 2.26. The second-order valence-corrected chi connectivity index (χ2v) is 3.54. The van der Waals surface area contributed by atoms with E-state index in [1.807, 2.05) is 0 Å². The van der Waals surface area contributed by atoms with Gasteiger partial charge in [0.25, 0.3) is 0 Å². The third-order valence-electron chi connectivity index (χ3n) is 2.68. The van der Waals surface area contributed by atoms with Crippen LogP contribution >= 0.6 is 0 Å². The van der Waals surface area contributed by atoms with Gasteiger partial charge in [0.15, 0.2) is 0 Å². The van der Waals surface area contributed by atoms with E-state index in [2.05, 4.69) is 5.16 Å². The molecule has 0 bridgehead atoms. The highest BCUT2D eigenvalue weighted by Crippen LogP contribution is 2.24. The number of nitrogens with zero attached hydrogens (tertiary/aromatic N) is 1. The Morgan fingerprint density at radius 3 is 2.80 bits per heavy atom. The zero-order valence-corrected chi connectivity index (χ0v) is 8.10. The smallest absolute Gasteiger partial charge is 0.335 e. The fourth-order valence-corrected chi connectivity index (χ4v) is 2.00. The van der Waals surface area contributed by atoms with Crippen LogP contribution in [-0.2, 0) is 6.42 Å². The number of hydrogen-bond donors (Lipinski definition) is 2. The molecule has 1 aromatic carbocycles. The maximum atomic E-state index is 11.0. The van der Waals surface area contributed by atoms with Gasteiger partial charge in [-0.15, -0.1) is 0 Å². The van der Waals surface area contributed by atoms with E-state index < -0.39 is 5.97 Å². The van der Waals surface area contributed by atoms with Crippen molar-refractivity contribution in [3.63, 3.8) is 0 Å². The van der Waals surface area contributed by atoms with Crippen molar-refractivity contribution >= 4 is 11.7 Å². The van der Waals surface area contributed by atoms with Crippen LogP contribution in [0.1, 0.15) is 34.3 Å². The highest BCUT2D eigenvalue weighted by molar-refractivity contribution is 6.05. The number of oxime groups is 1. The van der Waals surface area contributed by atoms with Gasteiger partial charge in [0.05, 0.1) is 11.3 Å². The van der Waals surface area contributed by atoms with Gasteiger partial charge >= 0.3 is 5.97 Å². The Balaban J connectivity index is 2.61. The van der Waals surface area contributed by atoms with Crippen molar-refractivity contribution < 1.29 is 15.1 Å². The van der Waals surface area contributed by atoms with Crippen LogP contribution in [0.4, 0.5) is 0 Å². The van der Waals surface area contributed by atoms with E-state index in [9.17, 15) is 4.79 Å². The molecule has 0 heterocycles. The highest BCUT2D eigenvalue weighted by atomic mass is 16.4. The maximum absolute atomic E-state index is 11.0. The Kier molecular flexibility index (Phi) is 2.41. The molecule has 0 amide bonds. The Bertz CT molecular complexity index is 437. The van der Waals surface area contributed by atoms with Gasteiger partial charge < -0.3 is 10.3 Å². The van der Waals surface area contributed by atoms with Crippen molar-refractivity contribution in [3.05, 3.63) is 34.9 Å². The van der Waals surface area contributed by atoms with E-state index >= 15 is 0 Å². The number of carboxylic acid groups (broad SMARTS) is 1. The molecule has 0 atom stereocenters. The lowest BCUT2D eigenvalue weighted by Crippen LogP contribution is -2.16. The molecule has 2 rings (SSSR count). The molecule has 0 saturated heterocycles. The molecule has 0 spiro atoms. The summed E-state index contributed by atoms with van der Waals surface area (Å²) in [4.78, 5) is 11.0. The summed E-state index contributed by atoms with van der Waals surface area (Å²) >= 11 is 0. The van der Waals surface area contributed by atoms with Crippen molar-refractivity contribution in [2.24, 2.45) is 5.16 Å². The quantitative estimate of drug-likeness (QED) is 0.543. The lowest BCUT2D eigenvalue weighted by atomic mass is 9.87. The van der Waals surface area contributed by atoms with Crippen LogP contribution < -0.4 is 0 Å². The maximum Gasteiger partial charge on any atom is 0.335 e. The average Bonchev–Trinajstić information content (AvgIpc) is 2.27. The van der Waals surface area contributed by atoms with Gasteiger partial charge in [0.1, 0.15) is 0 Å². The van der Waals surface area contributed by atoms with E-state index in [1.54, 1.807) is 18.2 Å². The number of aromatic carboxylic acids is 1. The third-order valence-corrected chi connectivity index (χ3v) is 2.68. The van der Waals surface area contributed by atoms with Crippen LogP contribution in [0.5, 0.6) is 0 Å². The molecule has 78 valence electrons. The van der Waals surface area contributed by atoms with Gasteiger partial charge in [-0.1, -0.05) is 17.3 Å². The van der Waals surface area contributed by atoms with E-state index in [0.717, 1.165) is 24.0 Å². The SMILES string of the molecule is O=C(O)c1cccc2c1CCC/C2=N\O. The van der Waals surface area contributed by atoms with Gasteiger partial charge in [-0.3, -0.25) is 0 Å². The Hall–Kier alpha value is -1.84. The van der Waals surface area contributed by atoms with Crippen LogP contribution in [0, 0.1) is 0 Å². The zero-order valence-electron chi connectivity index (χ0n) is 8.10. The first-order valence-corrected chi connectivity index (χ1v) is 4.80. The van der Waals surface area contributed by atoms with Crippen LogP contribution in [0.25, 0.3) is 0 Å². The second-order valence-electron chi connectivity index (χ2n) is 3.54. The van der Waals surface area contributed by atoms with E-state index in [1.165, 1.54) is 0 Å². The first kappa shape index (κ1) is 9.71. The molecule has 0 saturated carbocycles. The minimum atomic E-state index is -0.925.